The monoisotopic (exact) mass is 246 g/mol. The summed E-state index contributed by atoms with van der Waals surface area (Å²) in [6.45, 7) is 5.38. The van der Waals surface area contributed by atoms with Crippen molar-refractivity contribution in [2.45, 2.75) is 27.2 Å². The summed E-state index contributed by atoms with van der Waals surface area (Å²) in [7, 11) is 0. The molecule has 0 amide bonds. The van der Waals surface area contributed by atoms with Crippen LogP contribution in [0.15, 0.2) is 27.0 Å². The van der Waals surface area contributed by atoms with Crippen LogP contribution < -0.4 is 0 Å². The van der Waals surface area contributed by atoms with Crippen LogP contribution in [-0.4, -0.2) is 11.6 Å². The maximum atomic E-state index is 11.8. The molecule has 2 heterocycles. The number of hydrogen-bond acceptors (Lipinski definition) is 4. The first-order valence-electron chi connectivity index (χ1n) is 5.67. The highest BCUT2D eigenvalue weighted by Gasteiger charge is 2.19. The summed E-state index contributed by atoms with van der Waals surface area (Å²) in [5.41, 5.74) is 0.902. The second kappa shape index (κ2) is 4.64. The molecule has 0 aliphatic rings. The van der Waals surface area contributed by atoms with E-state index in [0.717, 1.165) is 5.56 Å². The van der Waals surface area contributed by atoms with Crippen molar-refractivity contribution in [3.63, 3.8) is 0 Å². The fourth-order valence-corrected chi connectivity index (χ4v) is 1.62. The Morgan fingerprint density at radius 3 is 2.17 bits per heavy atom. The summed E-state index contributed by atoms with van der Waals surface area (Å²) in [6, 6.07) is 4.92. The van der Waals surface area contributed by atoms with Crippen molar-refractivity contribution in [3.8, 4) is 0 Å². The van der Waals surface area contributed by atoms with Crippen molar-refractivity contribution in [1.29, 1.82) is 0 Å². The van der Waals surface area contributed by atoms with E-state index >= 15 is 0 Å². The van der Waals surface area contributed by atoms with Gasteiger partial charge in [-0.05, 0) is 44.5 Å². The molecule has 2 aromatic rings. The van der Waals surface area contributed by atoms with Crippen LogP contribution in [0.3, 0.4) is 0 Å². The number of hydrogen-bond donors (Lipinski definition) is 0. The fourth-order valence-electron chi connectivity index (χ4n) is 1.62. The van der Waals surface area contributed by atoms with E-state index < -0.39 is 0 Å². The molecule has 0 spiro atoms. The molecule has 0 radical (unpaired) electrons. The third-order valence-electron chi connectivity index (χ3n) is 2.78. The Bertz CT molecular complexity index is 582. The van der Waals surface area contributed by atoms with Gasteiger partial charge in [0.25, 0.3) is 0 Å². The first kappa shape index (κ1) is 12.4. The molecule has 0 saturated carbocycles. The van der Waals surface area contributed by atoms with E-state index in [4.69, 9.17) is 8.83 Å². The highest BCUT2D eigenvalue weighted by atomic mass is 16.4. The molecule has 0 aliphatic carbocycles. The minimum Gasteiger partial charge on any atom is -0.458 e. The van der Waals surface area contributed by atoms with E-state index in [2.05, 4.69) is 0 Å². The lowest BCUT2D eigenvalue weighted by molar-refractivity contribution is 0.0862. The average molecular weight is 246 g/mol. The van der Waals surface area contributed by atoms with Gasteiger partial charge >= 0.3 is 0 Å². The number of ketones is 2. The number of carbonyl (C=O) groups excluding carboxylic acids is 2. The van der Waals surface area contributed by atoms with Crippen LogP contribution in [0.2, 0.25) is 0 Å². The Hall–Kier alpha value is -2.10. The smallest absolute Gasteiger partial charge is 0.205 e. The fraction of sp³-hybridized carbons (Fsp3) is 0.286. The summed E-state index contributed by atoms with van der Waals surface area (Å²) in [5.74, 6) is 1.11. The standard InChI is InChI=1S/C14H14O4/c1-8-6-14(18-10(8)3)12(16)7-11(15)13-5-4-9(2)17-13/h4-6H,7H2,1-3H3. The van der Waals surface area contributed by atoms with Crippen LogP contribution in [0.25, 0.3) is 0 Å². The van der Waals surface area contributed by atoms with Crippen molar-refractivity contribution >= 4 is 11.6 Å². The zero-order valence-electron chi connectivity index (χ0n) is 10.6. The maximum absolute atomic E-state index is 11.8. The summed E-state index contributed by atoms with van der Waals surface area (Å²) in [4.78, 5) is 23.6. The van der Waals surface area contributed by atoms with Gasteiger partial charge in [0, 0.05) is 0 Å². The predicted octanol–water partition coefficient (Wildman–Crippen LogP) is 3.25. The lowest BCUT2D eigenvalue weighted by Gasteiger charge is -1.95. The molecule has 0 saturated heterocycles. The predicted molar refractivity (Wildman–Crippen MR) is 64.9 cm³/mol. The van der Waals surface area contributed by atoms with Gasteiger partial charge in [0.1, 0.15) is 11.5 Å². The van der Waals surface area contributed by atoms with E-state index in [-0.39, 0.29) is 29.5 Å². The minimum absolute atomic E-state index is 0.209. The van der Waals surface area contributed by atoms with Crippen LogP contribution >= 0.6 is 0 Å². The molecule has 4 heteroatoms. The van der Waals surface area contributed by atoms with Gasteiger partial charge in [-0.25, -0.2) is 0 Å². The van der Waals surface area contributed by atoms with E-state index in [9.17, 15) is 9.59 Å². The number of Topliss-reactive ketones (excluding diaryl/α,β-unsaturated/α-hetero) is 2. The van der Waals surface area contributed by atoms with Crippen molar-refractivity contribution in [3.05, 3.63) is 46.8 Å². The second-order valence-electron chi connectivity index (χ2n) is 4.28. The van der Waals surface area contributed by atoms with Crippen molar-refractivity contribution in [1.82, 2.24) is 0 Å². The zero-order chi connectivity index (χ0) is 13.3. The average Bonchev–Trinajstić information content (AvgIpc) is 2.86. The molecule has 0 atom stereocenters. The molecular formula is C14H14O4. The van der Waals surface area contributed by atoms with Crippen molar-refractivity contribution < 1.29 is 18.4 Å². The van der Waals surface area contributed by atoms with E-state index in [1.165, 1.54) is 0 Å². The molecule has 0 N–H and O–H groups in total. The number of furan rings is 2. The topological polar surface area (TPSA) is 60.4 Å². The molecule has 0 fully saturated rings. The van der Waals surface area contributed by atoms with Gasteiger partial charge in [-0.3, -0.25) is 9.59 Å². The van der Waals surface area contributed by atoms with Crippen LogP contribution in [0.5, 0.6) is 0 Å². The summed E-state index contributed by atoms with van der Waals surface area (Å²) < 4.78 is 10.5. The lowest BCUT2D eigenvalue weighted by Crippen LogP contribution is -2.07. The highest BCUT2D eigenvalue weighted by Crippen LogP contribution is 2.16. The van der Waals surface area contributed by atoms with Gasteiger partial charge in [-0.2, -0.15) is 0 Å². The Kier molecular flexibility index (Phi) is 3.19. The summed E-state index contributed by atoms with van der Waals surface area (Å²) in [6.07, 6.45) is -0.237. The van der Waals surface area contributed by atoms with Gasteiger partial charge in [0.2, 0.25) is 11.6 Å². The van der Waals surface area contributed by atoms with Gasteiger partial charge in [-0.15, -0.1) is 0 Å². The van der Waals surface area contributed by atoms with Gasteiger partial charge in [-0.1, -0.05) is 0 Å². The lowest BCUT2D eigenvalue weighted by atomic mass is 10.1. The van der Waals surface area contributed by atoms with E-state index in [1.807, 2.05) is 6.92 Å². The van der Waals surface area contributed by atoms with E-state index in [1.54, 1.807) is 32.0 Å². The molecule has 0 bridgehead atoms. The Morgan fingerprint density at radius 2 is 1.67 bits per heavy atom. The first-order chi connectivity index (χ1) is 8.47. The molecule has 2 aromatic heterocycles. The molecule has 18 heavy (non-hydrogen) atoms. The number of carbonyl (C=O) groups is 2. The summed E-state index contributed by atoms with van der Waals surface area (Å²) >= 11 is 0. The quantitative estimate of drug-likeness (QED) is 0.613. The molecule has 2 rings (SSSR count). The van der Waals surface area contributed by atoms with Crippen LogP contribution in [0, 0.1) is 20.8 Å². The van der Waals surface area contributed by atoms with Crippen LogP contribution in [-0.2, 0) is 0 Å². The number of aryl methyl sites for hydroxylation is 3. The largest absolute Gasteiger partial charge is 0.458 e. The van der Waals surface area contributed by atoms with Gasteiger partial charge in [0.05, 0.1) is 6.42 Å². The van der Waals surface area contributed by atoms with E-state index in [0.29, 0.717) is 11.5 Å². The van der Waals surface area contributed by atoms with Gasteiger partial charge in [0.15, 0.2) is 11.5 Å². The molecular weight excluding hydrogens is 232 g/mol. The third kappa shape index (κ3) is 2.42. The number of rotatable bonds is 4. The zero-order valence-corrected chi connectivity index (χ0v) is 10.6. The highest BCUT2D eigenvalue weighted by molar-refractivity contribution is 6.11. The third-order valence-corrected chi connectivity index (χ3v) is 2.78. The summed E-state index contributed by atoms with van der Waals surface area (Å²) in [5, 5.41) is 0. The molecule has 94 valence electrons. The maximum Gasteiger partial charge on any atom is 0.205 e. The van der Waals surface area contributed by atoms with Crippen molar-refractivity contribution in [2.75, 3.05) is 0 Å². The minimum atomic E-state index is -0.334. The van der Waals surface area contributed by atoms with Crippen LogP contribution in [0.4, 0.5) is 0 Å². The SMILES string of the molecule is Cc1ccc(C(=O)CC(=O)c2cc(C)c(C)o2)o1. The normalized spacial score (nSPS) is 10.6. The molecule has 0 aliphatic heterocycles. The molecule has 0 aromatic carbocycles. The Balaban J connectivity index is 2.10. The molecule has 0 unspecified atom stereocenters. The first-order valence-corrected chi connectivity index (χ1v) is 5.67. The van der Waals surface area contributed by atoms with Crippen molar-refractivity contribution in [2.24, 2.45) is 0 Å². The second-order valence-corrected chi connectivity index (χ2v) is 4.28. The van der Waals surface area contributed by atoms with Gasteiger partial charge < -0.3 is 8.83 Å². The van der Waals surface area contributed by atoms with Crippen LogP contribution in [0.1, 0.15) is 44.6 Å². The Labute approximate surface area is 105 Å². The Morgan fingerprint density at radius 1 is 1.00 bits per heavy atom. The molecule has 4 nitrogen and oxygen atoms in total.